The molecule has 0 aliphatic heterocycles. The Balaban J connectivity index is 1.56. The summed E-state index contributed by atoms with van der Waals surface area (Å²) in [5, 5.41) is 8.02. The summed E-state index contributed by atoms with van der Waals surface area (Å²) in [5.74, 6) is 1.44. The molecule has 0 spiro atoms. The van der Waals surface area contributed by atoms with Crippen molar-refractivity contribution in [1.82, 2.24) is 14.6 Å². The summed E-state index contributed by atoms with van der Waals surface area (Å²) < 4.78 is 18.6. The van der Waals surface area contributed by atoms with Gasteiger partial charge in [0.05, 0.1) is 6.61 Å². The van der Waals surface area contributed by atoms with Crippen LogP contribution in [0.5, 0.6) is 17.5 Å². The van der Waals surface area contributed by atoms with E-state index in [0.29, 0.717) is 31.6 Å². The van der Waals surface area contributed by atoms with E-state index >= 15 is 0 Å². The van der Waals surface area contributed by atoms with Gasteiger partial charge in [0.1, 0.15) is 13.2 Å². The van der Waals surface area contributed by atoms with E-state index < -0.39 is 0 Å². The van der Waals surface area contributed by atoms with Gasteiger partial charge in [-0.3, -0.25) is 4.40 Å². The van der Waals surface area contributed by atoms with Crippen LogP contribution in [0.4, 0.5) is 0 Å². The smallest absolute Gasteiger partial charge is 0.321 e. The number of fused-ring (bicyclic) bond motifs is 1. The first kappa shape index (κ1) is 14.2. The number of aromatic nitrogens is 3. The Bertz CT molecular complexity index is 742. The lowest BCUT2D eigenvalue weighted by Crippen LogP contribution is -2.11. The summed E-state index contributed by atoms with van der Waals surface area (Å²) in [6.45, 7) is 3.31. The molecule has 0 N–H and O–H groups in total. The topological polar surface area (TPSA) is 57.9 Å². The second-order valence-electron chi connectivity index (χ2n) is 4.49. The fourth-order valence-corrected chi connectivity index (χ4v) is 2.05. The van der Waals surface area contributed by atoms with Gasteiger partial charge in [0.15, 0.2) is 17.1 Å². The quantitative estimate of drug-likeness (QED) is 0.628. The molecule has 0 saturated heterocycles. The lowest BCUT2D eigenvalue weighted by atomic mass is 10.3. The minimum atomic E-state index is 0.371. The Kier molecular flexibility index (Phi) is 4.38. The van der Waals surface area contributed by atoms with Gasteiger partial charge in [-0.2, -0.15) is 0 Å². The van der Waals surface area contributed by atoms with Gasteiger partial charge in [-0.1, -0.05) is 23.3 Å². The molecule has 0 aliphatic carbocycles. The molecule has 0 unspecified atom stereocenters. The van der Waals surface area contributed by atoms with E-state index in [1.165, 1.54) is 0 Å². The molecule has 114 valence electrons. The molecule has 3 aromatic rings. The molecule has 2 aromatic heterocycles. The number of benzene rings is 1. The van der Waals surface area contributed by atoms with E-state index in [1.807, 2.05) is 55.6 Å². The molecule has 22 heavy (non-hydrogen) atoms. The average molecular weight is 299 g/mol. The number of ether oxygens (including phenoxy) is 3. The Morgan fingerprint density at radius 2 is 1.59 bits per heavy atom. The van der Waals surface area contributed by atoms with Crippen molar-refractivity contribution in [2.75, 3.05) is 19.8 Å². The first-order chi connectivity index (χ1) is 10.9. The molecule has 0 amide bonds. The predicted molar refractivity (Wildman–Crippen MR) is 81.6 cm³/mol. The summed E-state index contributed by atoms with van der Waals surface area (Å²) in [4.78, 5) is 0. The van der Waals surface area contributed by atoms with Crippen molar-refractivity contribution in [3.05, 3.63) is 48.7 Å². The Labute approximate surface area is 128 Å². The van der Waals surface area contributed by atoms with Crippen molar-refractivity contribution in [3.63, 3.8) is 0 Å². The zero-order valence-electron chi connectivity index (χ0n) is 12.3. The molecule has 6 nitrogen and oxygen atoms in total. The van der Waals surface area contributed by atoms with E-state index in [1.54, 1.807) is 4.40 Å². The van der Waals surface area contributed by atoms with Crippen molar-refractivity contribution >= 4 is 5.65 Å². The Morgan fingerprint density at radius 1 is 0.864 bits per heavy atom. The molecule has 0 fully saturated rings. The maximum absolute atomic E-state index is 5.69. The second-order valence-corrected chi connectivity index (χ2v) is 4.49. The number of hydrogen-bond donors (Lipinski definition) is 0. The van der Waals surface area contributed by atoms with Gasteiger partial charge in [0.2, 0.25) is 0 Å². The number of rotatable bonds is 7. The van der Waals surface area contributed by atoms with E-state index in [0.717, 1.165) is 11.4 Å². The standard InChI is InChI=1S/C16H17N3O3/c1-2-20-13-7-3-4-8-14(13)21-11-12-22-16-18-17-15-9-5-6-10-19(15)16/h3-10H,2,11-12H2,1H3. The van der Waals surface area contributed by atoms with Crippen LogP contribution < -0.4 is 14.2 Å². The fraction of sp³-hybridized carbons (Fsp3) is 0.250. The van der Waals surface area contributed by atoms with E-state index in [-0.39, 0.29) is 0 Å². The van der Waals surface area contributed by atoms with Crippen LogP contribution in [0, 0.1) is 0 Å². The van der Waals surface area contributed by atoms with Crippen molar-refractivity contribution < 1.29 is 14.2 Å². The van der Waals surface area contributed by atoms with Crippen LogP contribution in [0.2, 0.25) is 0 Å². The molecule has 0 saturated carbocycles. The average Bonchev–Trinajstić information content (AvgIpc) is 2.97. The summed E-state index contributed by atoms with van der Waals surface area (Å²) in [7, 11) is 0. The van der Waals surface area contributed by atoms with Crippen LogP contribution in [-0.2, 0) is 0 Å². The van der Waals surface area contributed by atoms with Crippen LogP contribution in [0.3, 0.4) is 0 Å². The molecule has 2 heterocycles. The van der Waals surface area contributed by atoms with Crippen molar-refractivity contribution in [2.45, 2.75) is 6.92 Å². The fourth-order valence-electron chi connectivity index (χ4n) is 2.05. The van der Waals surface area contributed by atoms with Crippen molar-refractivity contribution in [3.8, 4) is 17.5 Å². The van der Waals surface area contributed by atoms with Crippen LogP contribution in [0.15, 0.2) is 48.7 Å². The van der Waals surface area contributed by atoms with Gasteiger partial charge in [0.25, 0.3) is 0 Å². The van der Waals surface area contributed by atoms with Gasteiger partial charge < -0.3 is 14.2 Å². The monoisotopic (exact) mass is 299 g/mol. The van der Waals surface area contributed by atoms with Crippen molar-refractivity contribution in [1.29, 1.82) is 0 Å². The van der Waals surface area contributed by atoms with Crippen molar-refractivity contribution in [2.24, 2.45) is 0 Å². The number of hydrogen-bond acceptors (Lipinski definition) is 5. The summed E-state index contributed by atoms with van der Waals surface area (Å²) in [5.41, 5.74) is 0.750. The van der Waals surface area contributed by atoms with Crippen LogP contribution >= 0.6 is 0 Å². The zero-order chi connectivity index (χ0) is 15.2. The van der Waals surface area contributed by atoms with E-state index in [9.17, 15) is 0 Å². The molecule has 0 radical (unpaired) electrons. The highest BCUT2D eigenvalue weighted by molar-refractivity contribution is 5.39. The first-order valence-corrected chi connectivity index (χ1v) is 7.15. The minimum absolute atomic E-state index is 0.371. The maximum atomic E-state index is 5.69. The van der Waals surface area contributed by atoms with E-state index in [4.69, 9.17) is 14.2 Å². The third-order valence-corrected chi connectivity index (χ3v) is 3.00. The molecule has 0 bridgehead atoms. The zero-order valence-corrected chi connectivity index (χ0v) is 12.3. The number of para-hydroxylation sites is 2. The second kappa shape index (κ2) is 6.80. The van der Waals surface area contributed by atoms with Gasteiger partial charge >= 0.3 is 6.01 Å². The van der Waals surface area contributed by atoms with Gasteiger partial charge in [-0.15, -0.1) is 5.10 Å². The molecular weight excluding hydrogens is 282 g/mol. The highest BCUT2D eigenvalue weighted by Crippen LogP contribution is 2.26. The molecular formula is C16H17N3O3. The Hall–Kier alpha value is -2.76. The molecule has 3 rings (SSSR count). The number of pyridine rings is 1. The summed E-state index contributed by atoms with van der Waals surface area (Å²) in [6, 6.07) is 13.7. The van der Waals surface area contributed by atoms with Crippen LogP contribution in [0.25, 0.3) is 5.65 Å². The summed E-state index contributed by atoms with van der Waals surface area (Å²) >= 11 is 0. The predicted octanol–water partition coefficient (Wildman–Crippen LogP) is 2.59. The van der Waals surface area contributed by atoms with Gasteiger partial charge in [-0.25, -0.2) is 0 Å². The lowest BCUT2D eigenvalue weighted by Gasteiger charge is -2.11. The third kappa shape index (κ3) is 3.11. The van der Waals surface area contributed by atoms with Crippen LogP contribution in [0.1, 0.15) is 6.92 Å². The Morgan fingerprint density at radius 3 is 2.41 bits per heavy atom. The lowest BCUT2D eigenvalue weighted by molar-refractivity contribution is 0.197. The molecule has 6 heteroatoms. The normalized spacial score (nSPS) is 10.6. The van der Waals surface area contributed by atoms with E-state index in [2.05, 4.69) is 10.2 Å². The van der Waals surface area contributed by atoms with Gasteiger partial charge in [-0.05, 0) is 31.2 Å². The van der Waals surface area contributed by atoms with Gasteiger partial charge in [0, 0.05) is 6.20 Å². The number of nitrogens with zero attached hydrogens (tertiary/aromatic N) is 3. The largest absolute Gasteiger partial charge is 0.490 e. The maximum Gasteiger partial charge on any atom is 0.321 e. The minimum Gasteiger partial charge on any atom is -0.490 e. The third-order valence-electron chi connectivity index (χ3n) is 3.00. The van der Waals surface area contributed by atoms with Crippen LogP contribution in [-0.4, -0.2) is 34.4 Å². The highest BCUT2D eigenvalue weighted by atomic mass is 16.5. The first-order valence-electron chi connectivity index (χ1n) is 7.15. The molecule has 0 aliphatic rings. The SMILES string of the molecule is CCOc1ccccc1OCCOc1nnc2ccccn12. The summed E-state index contributed by atoms with van der Waals surface area (Å²) in [6.07, 6.45) is 1.86. The molecule has 1 aromatic carbocycles. The molecule has 0 atom stereocenters. The highest BCUT2D eigenvalue weighted by Gasteiger charge is 2.06.